The van der Waals surface area contributed by atoms with Crippen molar-refractivity contribution in [3.63, 3.8) is 0 Å². The Morgan fingerprint density at radius 2 is 1.96 bits per heavy atom. The minimum atomic E-state index is -0.927. The molecule has 25 heavy (non-hydrogen) atoms. The molecule has 0 bridgehead atoms. The molecule has 0 spiro atoms. The molecule has 2 aromatic carbocycles. The number of likely N-dealkylation sites (tertiary alicyclic amines) is 1. The van der Waals surface area contributed by atoms with E-state index in [0.29, 0.717) is 18.7 Å². The van der Waals surface area contributed by atoms with Crippen molar-refractivity contribution in [3.05, 3.63) is 48.2 Å². The first kappa shape index (κ1) is 15.7. The summed E-state index contributed by atoms with van der Waals surface area (Å²) in [6.07, 6.45) is 2.30. The summed E-state index contributed by atoms with van der Waals surface area (Å²) in [6, 6.07) is 13.1. The SMILES string of the molecule is O=C(O)[C@H]1CCCCN1C(=O)Cc1cc2c(ccc3ccccc32)o1. The summed E-state index contributed by atoms with van der Waals surface area (Å²) >= 11 is 0. The topological polar surface area (TPSA) is 70.8 Å². The van der Waals surface area contributed by atoms with Gasteiger partial charge in [-0.3, -0.25) is 4.79 Å². The number of rotatable bonds is 3. The molecule has 1 aliphatic heterocycles. The van der Waals surface area contributed by atoms with Gasteiger partial charge in [0.15, 0.2) is 0 Å². The first-order valence-corrected chi connectivity index (χ1v) is 8.56. The molecule has 0 saturated carbocycles. The number of amides is 1. The molecule has 1 saturated heterocycles. The van der Waals surface area contributed by atoms with Crippen molar-refractivity contribution in [1.82, 2.24) is 4.90 Å². The number of furan rings is 1. The van der Waals surface area contributed by atoms with Crippen LogP contribution in [0.15, 0.2) is 46.9 Å². The lowest BCUT2D eigenvalue weighted by Crippen LogP contribution is -2.48. The number of carboxylic acids is 1. The van der Waals surface area contributed by atoms with E-state index in [2.05, 4.69) is 0 Å². The fraction of sp³-hybridized carbons (Fsp3) is 0.300. The van der Waals surface area contributed by atoms with E-state index in [1.807, 2.05) is 42.5 Å². The number of carbonyl (C=O) groups excluding carboxylic acids is 1. The van der Waals surface area contributed by atoms with Gasteiger partial charge in [-0.25, -0.2) is 4.79 Å². The molecule has 0 aliphatic carbocycles. The maximum Gasteiger partial charge on any atom is 0.326 e. The predicted molar refractivity (Wildman–Crippen MR) is 94.4 cm³/mol. The van der Waals surface area contributed by atoms with Gasteiger partial charge in [-0.1, -0.05) is 30.3 Å². The molecule has 0 unspecified atom stereocenters. The number of carboxylic acid groups (broad SMARTS) is 1. The van der Waals surface area contributed by atoms with Gasteiger partial charge in [-0.2, -0.15) is 0 Å². The summed E-state index contributed by atoms with van der Waals surface area (Å²) in [4.78, 5) is 25.5. The van der Waals surface area contributed by atoms with Crippen LogP contribution in [0.3, 0.4) is 0 Å². The molecule has 0 radical (unpaired) electrons. The van der Waals surface area contributed by atoms with Gasteiger partial charge < -0.3 is 14.4 Å². The largest absolute Gasteiger partial charge is 0.480 e. The van der Waals surface area contributed by atoms with Crippen LogP contribution >= 0.6 is 0 Å². The molecule has 1 N–H and O–H groups in total. The zero-order chi connectivity index (χ0) is 17.4. The van der Waals surface area contributed by atoms with E-state index in [4.69, 9.17) is 4.42 Å². The van der Waals surface area contributed by atoms with Crippen molar-refractivity contribution in [2.24, 2.45) is 0 Å². The Morgan fingerprint density at radius 3 is 2.80 bits per heavy atom. The first-order valence-electron chi connectivity index (χ1n) is 8.56. The Bertz CT molecular complexity index is 959. The third kappa shape index (κ3) is 2.86. The number of aliphatic carboxylic acids is 1. The highest BCUT2D eigenvalue weighted by Crippen LogP contribution is 2.29. The van der Waals surface area contributed by atoms with Gasteiger partial charge in [-0.05, 0) is 42.2 Å². The van der Waals surface area contributed by atoms with Gasteiger partial charge in [0, 0.05) is 11.9 Å². The van der Waals surface area contributed by atoms with Crippen LogP contribution in [0, 0.1) is 0 Å². The molecule has 1 aliphatic rings. The van der Waals surface area contributed by atoms with Crippen molar-refractivity contribution in [1.29, 1.82) is 0 Å². The smallest absolute Gasteiger partial charge is 0.326 e. The quantitative estimate of drug-likeness (QED) is 0.793. The summed E-state index contributed by atoms with van der Waals surface area (Å²) in [6.45, 7) is 0.499. The summed E-state index contributed by atoms with van der Waals surface area (Å²) in [7, 11) is 0. The van der Waals surface area contributed by atoms with Crippen molar-refractivity contribution >= 4 is 33.6 Å². The van der Waals surface area contributed by atoms with Crippen LogP contribution in [0.1, 0.15) is 25.0 Å². The minimum Gasteiger partial charge on any atom is -0.480 e. The Kier molecular flexibility index (Phi) is 3.92. The highest BCUT2D eigenvalue weighted by molar-refractivity contribution is 6.06. The fourth-order valence-electron chi connectivity index (χ4n) is 3.67. The van der Waals surface area contributed by atoms with Crippen molar-refractivity contribution in [3.8, 4) is 0 Å². The molecule has 1 amide bonds. The normalized spacial score (nSPS) is 17.9. The number of piperidine rings is 1. The molecule has 1 aromatic heterocycles. The average Bonchev–Trinajstić information content (AvgIpc) is 3.04. The van der Waals surface area contributed by atoms with Crippen molar-refractivity contribution < 1.29 is 19.1 Å². The maximum absolute atomic E-state index is 12.6. The molecule has 1 atom stereocenters. The second-order valence-electron chi connectivity index (χ2n) is 6.52. The zero-order valence-electron chi connectivity index (χ0n) is 13.8. The second-order valence-corrected chi connectivity index (χ2v) is 6.52. The Morgan fingerprint density at radius 1 is 1.12 bits per heavy atom. The number of nitrogens with zero attached hydrogens (tertiary/aromatic N) is 1. The van der Waals surface area contributed by atoms with E-state index < -0.39 is 12.0 Å². The lowest BCUT2D eigenvalue weighted by molar-refractivity contribution is -0.151. The predicted octanol–water partition coefficient (Wildman–Crippen LogP) is 3.59. The summed E-state index contributed by atoms with van der Waals surface area (Å²) in [5, 5.41) is 12.5. The number of hydrogen-bond acceptors (Lipinski definition) is 3. The molecule has 5 heteroatoms. The van der Waals surface area contributed by atoms with Gasteiger partial charge in [0.2, 0.25) is 5.91 Å². The molecule has 4 rings (SSSR count). The molecule has 5 nitrogen and oxygen atoms in total. The minimum absolute atomic E-state index is 0.0901. The van der Waals surface area contributed by atoms with Crippen LogP contribution in [0.5, 0.6) is 0 Å². The van der Waals surface area contributed by atoms with Crippen LogP contribution < -0.4 is 0 Å². The van der Waals surface area contributed by atoms with E-state index in [-0.39, 0.29) is 12.3 Å². The number of fused-ring (bicyclic) bond motifs is 3. The van der Waals surface area contributed by atoms with Crippen LogP contribution in [0.2, 0.25) is 0 Å². The number of carbonyl (C=O) groups is 2. The molecular weight excluding hydrogens is 318 g/mol. The Labute approximate surface area is 144 Å². The van der Waals surface area contributed by atoms with E-state index in [0.717, 1.165) is 34.6 Å². The second kappa shape index (κ2) is 6.24. The highest BCUT2D eigenvalue weighted by atomic mass is 16.4. The van der Waals surface area contributed by atoms with Crippen molar-refractivity contribution in [2.45, 2.75) is 31.7 Å². The standard InChI is InChI=1S/C20H19NO4/c22-19(21-10-4-3-7-17(21)20(23)24)12-14-11-16-15-6-2-1-5-13(15)8-9-18(16)25-14/h1-2,5-6,8-9,11,17H,3-4,7,10,12H2,(H,23,24)/t17-/m1/s1. The monoisotopic (exact) mass is 337 g/mol. The zero-order valence-corrected chi connectivity index (χ0v) is 13.8. The van der Waals surface area contributed by atoms with E-state index in [1.165, 1.54) is 4.90 Å². The summed E-state index contributed by atoms with van der Waals surface area (Å²) in [5.74, 6) is -0.537. The molecule has 2 heterocycles. The van der Waals surface area contributed by atoms with Crippen LogP contribution in [0.4, 0.5) is 0 Å². The van der Waals surface area contributed by atoms with Gasteiger partial charge in [0.05, 0.1) is 6.42 Å². The van der Waals surface area contributed by atoms with E-state index >= 15 is 0 Å². The van der Waals surface area contributed by atoms with Crippen molar-refractivity contribution in [2.75, 3.05) is 6.54 Å². The van der Waals surface area contributed by atoms with Gasteiger partial charge in [-0.15, -0.1) is 0 Å². The molecule has 128 valence electrons. The highest BCUT2D eigenvalue weighted by Gasteiger charge is 2.32. The Balaban J connectivity index is 1.63. The third-order valence-electron chi connectivity index (χ3n) is 4.91. The Hall–Kier alpha value is -2.82. The summed E-state index contributed by atoms with van der Waals surface area (Å²) in [5.41, 5.74) is 0.745. The maximum atomic E-state index is 12.6. The average molecular weight is 337 g/mol. The number of hydrogen-bond donors (Lipinski definition) is 1. The first-order chi connectivity index (χ1) is 12.1. The van der Waals surface area contributed by atoms with Gasteiger partial charge in [0.25, 0.3) is 0 Å². The lowest BCUT2D eigenvalue weighted by Gasteiger charge is -2.32. The van der Waals surface area contributed by atoms with Crippen LogP contribution in [-0.4, -0.2) is 34.5 Å². The van der Waals surface area contributed by atoms with E-state index in [9.17, 15) is 14.7 Å². The molecular formula is C20H19NO4. The molecule has 3 aromatic rings. The summed E-state index contributed by atoms with van der Waals surface area (Å²) < 4.78 is 5.84. The van der Waals surface area contributed by atoms with Crippen LogP contribution in [-0.2, 0) is 16.0 Å². The number of benzene rings is 2. The fourth-order valence-corrected chi connectivity index (χ4v) is 3.67. The molecule has 1 fully saturated rings. The van der Waals surface area contributed by atoms with Crippen LogP contribution in [0.25, 0.3) is 21.7 Å². The van der Waals surface area contributed by atoms with Gasteiger partial charge in [0.1, 0.15) is 17.4 Å². The lowest BCUT2D eigenvalue weighted by atomic mass is 10.0. The third-order valence-corrected chi connectivity index (χ3v) is 4.91. The van der Waals surface area contributed by atoms with E-state index in [1.54, 1.807) is 0 Å². The van der Waals surface area contributed by atoms with Gasteiger partial charge >= 0.3 is 5.97 Å².